The molecule has 5 amide bonds. The summed E-state index contributed by atoms with van der Waals surface area (Å²) < 4.78 is 36.8. The summed E-state index contributed by atoms with van der Waals surface area (Å²) in [5, 5.41) is 49.5. The van der Waals surface area contributed by atoms with Gasteiger partial charge < -0.3 is 65.0 Å². The molecule has 96 heavy (non-hydrogen) atoms. The van der Waals surface area contributed by atoms with Gasteiger partial charge in [-0.15, -0.1) is 0 Å². The summed E-state index contributed by atoms with van der Waals surface area (Å²) in [7, 11) is 0. The van der Waals surface area contributed by atoms with Crippen molar-refractivity contribution >= 4 is 85.4 Å². The summed E-state index contributed by atoms with van der Waals surface area (Å²) in [5.41, 5.74) is 9.62. The summed E-state index contributed by atoms with van der Waals surface area (Å²) in [5.74, 6) is -3.34. The van der Waals surface area contributed by atoms with Crippen molar-refractivity contribution in [3.63, 3.8) is 0 Å². The number of thiazole rings is 1. The number of nitrogens with two attached hydrogens (primary N) is 1. The molecule has 5 aromatic rings. The molecule has 2 aliphatic carbocycles. The Bertz CT molecular complexity index is 3900. The largest absolute Gasteiger partial charge is 0.491 e. The van der Waals surface area contributed by atoms with E-state index in [1.54, 1.807) is 43.3 Å². The fourth-order valence-electron chi connectivity index (χ4n) is 14.7. The number of aliphatic hydroxyl groups is 1. The minimum atomic E-state index is -1.27. The summed E-state index contributed by atoms with van der Waals surface area (Å²) in [6.07, 6.45) is 3.88. The highest BCUT2D eigenvalue weighted by Gasteiger charge is 2.58. The lowest BCUT2D eigenvalue weighted by Gasteiger charge is -2.61. The second-order valence-corrected chi connectivity index (χ2v) is 27.6. The number of carboxylic acids is 2. The lowest BCUT2D eigenvalue weighted by molar-refractivity contribution is -0.195. The molecule has 26 nitrogen and oxygen atoms in total. The highest BCUT2D eigenvalue weighted by atomic mass is 32.1. The minimum absolute atomic E-state index is 0.0128. The van der Waals surface area contributed by atoms with Crippen LogP contribution in [0.25, 0.3) is 15.8 Å². The van der Waals surface area contributed by atoms with Crippen LogP contribution in [0.1, 0.15) is 135 Å². The Balaban J connectivity index is 0.746. The number of ether oxygens (including phenoxy) is 6. The van der Waals surface area contributed by atoms with E-state index in [4.69, 9.17) is 44.1 Å². The first-order valence-electron chi connectivity index (χ1n) is 31.9. The number of carboxylic acid groups (broad SMARTS) is 2. The molecule has 27 heteroatoms. The molecule has 3 fully saturated rings. The van der Waals surface area contributed by atoms with E-state index in [0.29, 0.717) is 70.4 Å². The van der Waals surface area contributed by atoms with Crippen LogP contribution in [-0.2, 0) is 57.7 Å². The Hall–Kier alpha value is -9.33. The molecule has 1 saturated heterocycles. The third-order valence-corrected chi connectivity index (χ3v) is 18.8. The predicted molar refractivity (Wildman–Crippen MR) is 353 cm³/mol. The number of pyridine rings is 1. The highest BCUT2D eigenvalue weighted by molar-refractivity contribution is 7.22. The number of nitrogens with zero attached hydrogens (tertiary/aromatic N) is 6. The van der Waals surface area contributed by atoms with Gasteiger partial charge in [-0.05, 0) is 121 Å². The van der Waals surface area contributed by atoms with Crippen molar-refractivity contribution in [1.29, 1.82) is 5.26 Å². The van der Waals surface area contributed by atoms with Crippen LogP contribution in [0.15, 0.2) is 90.1 Å². The van der Waals surface area contributed by atoms with E-state index in [2.05, 4.69) is 54.7 Å². The molecule has 6 unspecified atom stereocenters. The smallest absolute Gasteiger partial charge is 0.407 e. The summed E-state index contributed by atoms with van der Waals surface area (Å²) in [4.78, 5) is 105. The van der Waals surface area contributed by atoms with Gasteiger partial charge in [0.25, 0.3) is 17.7 Å². The van der Waals surface area contributed by atoms with Gasteiger partial charge in [0.2, 0.25) is 12.2 Å². The molecular weight excluding hydrogens is 1260 g/mol. The molecule has 6 atom stereocenters. The van der Waals surface area contributed by atoms with Crippen LogP contribution in [0.2, 0.25) is 0 Å². The number of aliphatic imine (C=N–C) groups is 1. The number of aromatic carboxylic acids is 1. The Morgan fingerprint density at radius 1 is 0.885 bits per heavy atom. The number of nitrogens with one attached hydrogen (secondary N) is 3. The van der Waals surface area contributed by atoms with Crippen LogP contribution in [0, 0.1) is 27.6 Å². The average Bonchev–Trinajstić information content (AvgIpc) is 0.908. The molecule has 3 aromatic carbocycles. The Morgan fingerprint density at radius 2 is 1.66 bits per heavy atom. The van der Waals surface area contributed by atoms with Crippen molar-refractivity contribution < 1.29 is 77.3 Å². The van der Waals surface area contributed by atoms with Crippen molar-refractivity contribution in [2.75, 3.05) is 69.4 Å². The van der Waals surface area contributed by atoms with Crippen LogP contribution >= 0.6 is 11.3 Å². The van der Waals surface area contributed by atoms with Gasteiger partial charge in [0, 0.05) is 111 Å². The van der Waals surface area contributed by atoms with E-state index >= 15 is 0 Å². The molecular formula is C69H80N10O16S. The number of hydrogen-bond acceptors (Lipinski definition) is 21. The molecule has 2 aromatic heterocycles. The summed E-state index contributed by atoms with van der Waals surface area (Å²) >= 11 is 1.36. The number of para-hydroxylation sites is 1. The van der Waals surface area contributed by atoms with Crippen LogP contribution in [0.5, 0.6) is 11.5 Å². The number of carbonyl (C=O) groups is 7. The molecule has 0 radical (unpaired) electrons. The van der Waals surface area contributed by atoms with Crippen LogP contribution in [0.3, 0.4) is 0 Å². The van der Waals surface area contributed by atoms with Crippen LogP contribution in [0.4, 0.5) is 15.7 Å². The predicted octanol–water partition coefficient (Wildman–Crippen LogP) is 7.69. The summed E-state index contributed by atoms with van der Waals surface area (Å²) in [6.45, 7) is 12.2. The van der Waals surface area contributed by atoms with E-state index in [0.717, 1.165) is 58.5 Å². The van der Waals surface area contributed by atoms with Gasteiger partial charge in [-0.1, -0.05) is 51.2 Å². The standard InChI is InChI=1S/C69H80N10O16S/c1-41(49(32-71)47-14-15-55(76-60(47)63(87)88)78-22-18-46-42(31-70)11-13-48(50(46)33-78)61(84)77-64-75-51-8-6-7-9-54(51)96-64)74-40-68(5)37-67(4)35-66(2,3)36-69(38-67,39-68)93-25-21-73-65(89)92-34-43-10-12-45(94-59-29-44(80)28-53(95-59)62(85)86)30-52(43)91-27-26-90-24-20-72-56(81)19-23-79-57(82)16-17-58(79)83/h6-17,30,32,44,53,59,80H,18-29,33-40,71H2,1-5H3,(H,72,81)(H,73,89)(H,85,86)(H,87,88)(H,75,77,84). The fourth-order valence-corrected chi connectivity index (χ4v) is 15.6. The number of rotatable bonds is 27. The third kappa shape index (κ3) is 17.0. The maximum Gasteiger partial charge on any atom is 0.407 e. The fraction of sp³-hybridized carbons (Fsp3) is 0.464. The number of amides is 5. The van der Waals surface area contributed by atoms with Gasteiger partial charge in [0.1, 0.15) is 30.5 Å². The maximum atomic E-state index is 13.9. The highest BCUT2D eigenvalue weighted by Crippen LogP contribution is 2.63. The van der Waals surface area contributed by atoms with Crippen molar-refractivity contribution in [2.45, 2.75) is 130 Å². The van der Waals surface area contributed by atoms with E-state index in [9.17, 15) is 54.1 Å². The molecule has 5 aliphatic rings. The number of benzene rings is 3. The number of aliphatic carboxylic acids is 1. The number of imide groups is 1. The normalized spacial score (nSPS) is 23.0. The minimum Gasteiger partial charge on any atom is -0.491 e. The molecule has 508 valence electrons. The van der Waals surface area contributed by atoms with Gasteiger partial charge in [0.05, 0.1) is 53.4 Å². The number of alkyl carbamates (subject to hydrolysis) is 1. The number of nitriles is 1. The van der Waals surface area contributed by atoms with Gasteiger partial charge in [-0.2, -0.15) is 5.26 Å². The molecule has 2 saturated carbocycles. The lowest BCUT2D eigenvalue weighted by Crippen LogP contribution is -2.57. The van der Waals surface area contributed by atoms with E-state index in [1.807, 2.05) is 29.2 Å². The van der Waals surface area contributed by atoms with E-state index in [1.165, 1.54) is 23.6 Å². The van der Waals surface area contributed by atoms with E-state index < -0.39 is 53.9 Å². The SMILES string of the molecule is CC(=NCC1(C)CC2(C)CC(C)(C)CC(OCCNC(=O)OCc3ccc(OC4CC(O)CC(C(=O)O)O4)cc3OCCOCCNC(=O)CCN3C(=O)C=CC3=O)(C1)C2)C(=CN)c1ccc(N2CCc3c(C#N)ccc(C(=O)Nc4nc5ccccc5s4)c3C2)nc1C(=O)O. The number of fused-ring (bicyclic) bond motifs is 4. The van der Waals surface area contributed by atoms with Crippen molar-refractivity contribution in [1.82, 2.24) is 25.5 Å². The molecule has 0 spiro atoms. The third-order valence-electron chi connectivity index (χ3n) is 17.8. The lowest BCUT2D eigenvalue weighted by atomic mass is 9.48. The van der Waals surface area contributed by atoms with Crippen molar-refractivity contribution in [3.8, 4) is 17.6 Å². The van der Waals surface area contributed by atoms with Crippen LogP contribution < -0.4 is 36.1 Å². The Labute approximate surface area is 558 Å². The molecule has 10 rings (SSSR count). The monoisotopic (exact) mass is 1340 g/mol. The zero-order valence-electron chi connectivity index (χ0n) is 54.3. The number of allylic oxidation sites excluding steroid dienone is 1. The molecule has 8 N–H and O–H groups in total. The summed E-state index contributed by atoms with van der Waals surface area (Å²) in [6, 6.07) is 21.3. The van der Waals surface area contributed by atoms with Crippen LogP contribution in [-0.4, -0.2) is 161 Å². The molecule has 2 bridgehead atoms. The van der Waals surface area contributed by atoms with Gasteiger partial charge in [0.15, 0.2) is 16.9 Å². The number of anilines is 2. The topological polar surface area (TPSA) is 366 Å². The number of aliphatic hydroxyl groups excluding tert-OH is 1. The van der Waals surface area contributed by atoms with Gasteiger partial charge in [-0.25, -0.2) is 24.4 Å². The quantitative estimate of drug-likeness (QED) is 0.0150. The molecule has 3 aliphatic heterocycles. The Morgan fingerprint density at radius 3 is 2.41 bits per heavy atom. The first-order chi connectivity index (χ1) is 45.8. The first kappa shape index (κ1) is 69.5. The Kier molecular flexibility index (Phi) is 21.5. The first-order valence-corrected chi connectivity index (χ1v) is 32.7. The number of hydrogen-bond donors (Lipinski definition) is 7. The van der Waals surface area contributed by atoms with Gasteiger partial charge >= 0.3 is 18.0 Å². The molecule has 5 heterocycles. The van der Waals surface area contributed by atoms with Gasteiger partial charge in [-0.3, -0.25) is 34.4 Å². The number of carbonyl (C=O) groups excluding carboxylic acids is 5. The zero-order chi connectivity index (χ0) is 68.5. The second kappa shape index (κ2) is 29.8. The zero-order valence-corrected chi connectivity index (χ0v) is 55.1. The van der Waals surface area contributed by atoms with E-state index in [-0.39, 0.29) is 129 Å². The van der Waals surface area contributed by atoms with Crippen molar-refractivity contribution in [2.24, 2.45) is 27.0 Å². The second-order valence-electron chi connectivity index (χ2n) is 26.5. The van der Waals surface area contributed by atoms with Crippen molar-refractivity contribution in [3.05, 3.63) is 124 Å². The maximum absolute atomic E-state index is 13.9. The number of aromatic nitrogens is 2. The average molecular weight is 1340 g/mol.